The van der Waals surface area contributed by atoms with Crippen LogP contribution in [0, 0.1) is 0 Å². The highest BCUT2D eigenvalue weighted by Gasteiger charge is 2.38. The fourth-order valence-corrected chi connectivity index (χ4v) is 3.55. The molecule has 3 aromatic heterocycles. The van der Waals surface area contributed by atoms with Gasteiger partial charge in [0.1, 0.15) is 0 Å². The number of alkyl halides is 3. The van der Waals surface area contributed by atoms with Crippen molar-refractivity contribution >= 4 is 28.8 Å². The number of aromatic nitrogens is 3. The molecule has 0 aliphatic carbocycles. The normalized spacial score (nSPS) is 15.3. The Hall–Kier alpha value is -2.66. The number of hydrogen-bond donors (Lipinski definition) is 1. The van der Waals surface area contributed by atoms with Gasteiger partial charge in [-0.1, -0.05) is 6.07 Å². The van der Waals surface area contributed by atoms with Crippen molar-refractivity contribution in [2.24, 2.45) is 0 Å². The van der Waals surface area contributed by atoms with Gasteiger partial charge in [0.15, 0.2) is 11.5 Å². The number of carboxylic acid groups (broad SMARTS) is 1. The van der Waals surface area contributed by atoms with Crippen LogP contribution in [0.25, 0.3) is 5.65 Å². The van der Waals surface area contributed by atoms with Gasteiger partial charge in [-0.25, -0.2) is 14.8 Å². The van der Waals surface area contributed by atoms with Gasteiger partial charge in [-0.2, -0.15) is 13.2 Å². The molecule has 0 bridgehead atoms. The number of piperazine rings is 1. The Kier molecular flexibility index (Phi) is 6.15. The van der Waals surface area contributed by atoms with Crippen molar-refractivity contribution in [1.29, 1.82) is 0 Å². The van der Waals surface area contributed by atoms with Crippen LogP contribution >= 0.6 is 11.3 Å². The van der Waals surface area contributed by atoms with E-state index in [1.807, 2.05) is 40.5 Å². The number of halogens is 3. The summed E-state index contributed by atoms with van der Waals surface area (Å²) < 4.78 is 33.8. The van der Waals surface area contributed by atoms with Crippen LogP contribution < -0.4 is 4.90 Å². The van der Waals surface area contributed by atoms with E-state index < -0.39 is 12.1 Å². The van der Waals surface area contributed by atoms with Crippen molar-refractivity contribution in [3.63, 3.8) is 0 Å². The molecular formula is C17H18F3N5O2S. The standard InChI is InChI=1S/C15H17N5S.C2HF3O2/c1-2-13(21-11-1)12-18-7-9-20(10-8-18)15-14-16-3-5-19(14)6-4-17-15;3-2(4,5)1(6)7/h1-6,11H,7-10,12H2;(H,6,7). The topological polar surface area (TPSA) is 74.0 Å². The third-order valence-corrected chi connectivity index (χ3v) is 5.03. The van der Waals surface area contributed by atoms with Crippen LogP contribution in [0.4, 0.5) is 19.0 Å². The first-order valence-electron chi connectivity index (χ1n) is 8.42. The fraction of sp³-hybridized carbons (Fsp3) is 0.353. The quantitative estimate of drug-likeness (QED) is 0.712. The number of hydrogen-bond acceptors (Lipinski definition) is 6. The van der Waals surface area contributed by atoms with Crippen molar-refractivity contribution in [3.05, 3.63) is 47.2 Å². The number of carboxylic acids is 1. The van der Waals surface area contributed by atoms with Crippen molar-refractivity contribution in [2.45, 2.75) is 12.7 Å². The van der Waals surface area contributed by atoms with E-state index in [-0.39, 0.29) is 0 Å². The first-order chi connectivity index (χ1) is 13.3. The van der Waals surface area contributed by atoms with Gasteiger partial charge >= 0.3 is 12.1 Å². The number of carbonyl (C=O) groups is 1. The number of nitrogens with zero attached hydrogens (tertiary/aromatic N) is 5. The lowest BCUT2D eigenvalue weighted by atomic mass is 10.3. The molecule has 0 amide bonds. The van der Waals surface area contributed by atoms with Crippen LogP contribution in [0.1, 0.15) is 4.88 Å². The highest BCUT2D eigenvalue weighted by atomic mass is 32.1. The second-order valence-corrected chi connectivity index (χ2v) is 7.09. The number of rotatable bonds is 3. The highest BCUT2D eigenvalue weighted by molar-refractivity contribution is 7.09. The molecule has 0 atom stereocenters. The summed E-state index contributed by atoms with van der Waals surface area (Å²) in [4.78, 5) is 24.1. The number of thiophene rings is 1. The van der Waals surface area contributed by atoms with Gasteiger partial charge in [-0.3, -0.25) is 4.90 Å². The summed E-state index contributed by atoms with van der Waals surface area (Å²) in [5.74, 6) is -1.76. The molecular weight excluding hydrogens is 395 g/mol. The van der Waals surface area contributed by atoms with Crippen LogP contribution in [0.5, 0.6) is 0 Å². The first kappa shape index (κ1) is 20.1. The minimum Gasteiger partial charge on any atom is -0.475 e. The van der Waals surface area contributed by atoms with Gasteiger partial charge in [0.25, 0.3) is 0 Å². The summed E-state index contributed by atoms with van der Waals surface area (Å²) in [6, 6.07) is 4.34. The molecule has 1 aliphatic heterocycles. The lowest BCUT2D eigenvalue weighted by molar-refractivity contribution is -0.192. The van der Waals surface area contributed by atoms with Gasteiger partial charge in [0.2, 0.25) is 0 Å². The van der Waals surface area contributed by atoms with Gasteiger partial charge in [0.05, 0.1) is 0 Å². The molecule has 28 heavy (non-hydrogen) atoms. The van der Waals surface area contributed by atoms with E-state index in [0.717, 1.165) is 44.2 Å². The predicted molar refractivity (Wildman–Crippen MR) is 98.5 cm³/mol. The van der Waals surface area contributed by atoms with Crippen LogP contribution in [0.3, 0.4) is 0 Å². The third-order valence-electron chi connectivity index (χ3n) is 4.17. The Morgan fingerprint density at radius 3 is 2.36 bits per heavy atom. The van der Waals surface area contributed by atoms with Crippen molar-refractivity contribution in [3.8, 4) is 0 Å². The Morgan fingerprint density at radius 1 is 1.14 bits per heavy atom. The second kappa shape index (κ2) is 8.57. The van der Waals surface area contributed by atoms with Crippen molar-refractivity contribution < 1.29 is 23.1 Å². The highest BCUT2D eigenvalue weighted by Crippen LogP contribution is 2.20. The number of fused-ring (bicyclic) bond motifs is 1. The maximum Gasteiger partial charge on any atom is 0.490 e. The zero-order valence-corrected chi connectivity index (χ0v) is 15.5. The van der Waals surface area contributed by atoms with Crippen molar-refractivity contribution in [1.82, 2.24) is 19.3 Å². The largest absolute Gasteiger partial charge is 0.490 e. The van der Waals surface area contributed by atoms with Crippen molar-refractivity contribution in [2.75, 3.05) is 31.1 Å². The SMILES string of the molecule is O=C(O)C(F)(F)F.c1csc(CN2CCN(c3nccn4ccnc34)CC2)c1. The molecule has 7 nitrogen and oxygen atoms in total. The van der Waals surface area contributed by atoms with Gasteiger partial charge in [0, 0.05) is 62.4 Å². The summed E-state index contributed by atoms with van der Waals surface area (Å²) in [5.41, 5.74) is 0.948. The maximum absolute atomic E-state index is 10.6. The van der Waals surface area contributed by atoms with Gasteiger partial charge in [-0.15, -0.1) is 11.3 Å². The van der Waals surface area contributed by atoms with E-state index in [2.05, 4.69) is 37.3 Å². The second-order valence-electron chi connectivity index (χ2n) is 6.05. The molecule has 4 rings (SSSR count). The number of aliphatic carboxylic acids is 1. The number of imidazole rings is 1. The van der Waals surface area contributed by atoms with Gasteiger partial charge in [-0.05, 0) is 11.4 Å². The molecule has 0 saturated carbocycles. The van der Waals surface area contributed by atoms with Crippen LogP contribution in [0.2, 0.25) is 0 Å². The molecule has 1 N–H and O–H groups in total. The molecule has 1 aliphatic rings. The Morgan fingerprint density at radius 2 is 1.79 bits per heavy atom. The fourth-order valence-electron chi connectivity index (χ4n) is 2.80. The third kappa shape index (κ3) is 4.98. The first-order valence-corrected chi connectivity index (χ1v) is 9.30. The molecule has 1 saturated heterocycles. The van der Waals surface area contributed by atoms with E-state index in [1.54, 1.807) is 0 Å². The molecule has 0 aromatic carbocycles. The number of anilines is 1. The van der Waals surface area contributed by atoms with E-state index >= 15 is 0 Å². The molecule has 150 valence electrons. The monoisotopic (exact) mass is 413 g/mol. The Balaban J connectivity index is 0.000000279. The van der Waals surface area contributed by atoms with E-state index in [1.165, 1.54) is 4.88 Å². The van der Waals surface area contributed by atoms with Crippen LogP contribution in [-0.4, -0.2) is 62.7 Å². The lowest BCUT2D eigenvalue weighted by Crippen LogP contribution is -2.46. The zero-order valence-electron chi connectivity index (χ0n) is 14.7. The molecule has 3 aromatic rings. The van der Waals surface area contributed by atoms with Gasteiger partial charge < -0.3 is 14.4 Å². The van der Waals surface area contributed by atoms with E-state index in [0.29, 0.717) is 0 Å². The molecule has 4 heterocycles. The molecule has 0 unspecified atom stereocenters. The van der Waals surface area contributed by atoms with Crippen LogP contribution in [-0.2, 0) is 11.3 Å². The predicted octanol–water partition coefficient (Wildman–Crippen LogP) is 2.75. The lowest BCUT2D eigenvalue weighted by Gasteiger charge is -2.35. The smallest absolute Gasteiger partial charge is 0.475 e. The average molecular weight is 413 g/mol. The summed E-state index contributed by atoms with van der Waals surface area (Å²) in [7, 11) is 0. The summed E-state index contributed by atoms with van der Waals surface area (Å²) in [5, 5.41) is 9.27. The maximum atomic E-state index is 10.6. The minimum absolute atomic E-state index is 0.948. The minimum atomic E-state index is -5.08. The van der Waals surface area contributed by atoms with E-state index in [9.17, 15) is 13.2 Å². The summed E-state index contributed by atoms with van der Waals surface area (Å²) >= 11 is 1.84. The Bertz CT molecular complexity index is 905. The molecule has 1 fully saturated rings. The van der Waals surface area contributed by atoms with Crippen LogP contribution in [0.15, 0.2) is 42.3 Å². The van der Waals surface area contributed by atoms with E-state index in [4.69, 9.17) is 9.90 Å². The Labute approximate surface area is 162 Å². The summed E-state index contributed by atoms with van der Waals surface area (Å²) in [6.45, 7) is 5.21. The molecule has 0 radical (unpaired) electrons. The molecule has 0 spiro atoms. The molecule has 11 heteroatoms. The average Bonchev–Trinajstić information content (AvgIpc) is 3.33. The summed E-state index contributed by atoms with van der Waals surface area (Å²) in [6.07, 6.45) is 2.50. The zero-order chi connectivity index (χ0) is 20.1.